The van der Waals surface area contributed by atoms with E-state index in [0.717, 1.165) is 6.07 Å². The van der Waals surface area contributed by atoms with Crippen LogP contribution in [0.2, 0.25) is 0 Å². The second kappa shape index (κ2) is 5.97. The number of furan rings is 1. The third-order valence-electron chi connectivity index (χ3n) is 3.87. The highest BCUT2D eigenvalue weighted by molar-refractivity contribution is 6.05. The maximum absolute atomic E-state index is 13.7. The standard InChI is InChI=1S/C16H14FN3O4/c17-10-3-9-1-2-23-15(9)12(4-10)16(21)20-13-7-22-8-14(13)24-11-5-18-19-6-11/h1-6,13-14H,7-8H2,(H,18,19)(H,20,21)/t13-,14+/m1/s1. The van der Waals surface area contributed by atoms with Crippen molar-refractivity contribution in [3.05, 3.63) is 48.2 Å². The van der Waals surface area contributed by atoms with Crippen molar-refractivity contribution in [2.45, 2.75) is 12.1 Å². The lowest BCUT2D eigenvalue weighted by atomic mass is 10.1. The molecule has 1 fully saturated rings. The van der Waals surface area contributed by atoms with Gasteiger partial charge in [0.05, 0.1) is 43.5 Å². The number of benzene rings is 1. The van der Waals surface area contributed by atoms with Gasteiger partial charge in [0, 0.05) is 5.39 Å². The predicted octanol–water partition coefficient (Wildman–Crippen LogP) is 1.87. The lowest BCUT2D eigenvalue weighted by Crippen LogP contribution is -2.45. The van der Waals surface area contributed by atoms with Crippen molar-refractivity contribution in [3.8, 4) is 5.75 Å². The first-order valence-corrected chi connectivity index (χ1v) is 7.41. The Labute approximate surface area is 135 Å². The van der Waals surface area contributed by atoms with Crippen LogP contribution < -0.4 is 10.1 Å². The molecule has 0 saturated carbocycles. The number of aromatic amines is 1. The third kappa shape index (κ3) is 2.71. The smallest absolute Gasteiger partial charge is 0.255 e. The maximum Gasteiger partial charge on any atom is 0.255 e. The van der Waals surface area contributed by atoms with Crippen LogP contribution in [0.1, 0.15) is 10.4 Å². The predicted molar refractivity (Wildman–Crippen MR) is 81.2 cm³/mol. The number of fused-ring (bicyclic) bond motifs is 1. The molecule has 0 bridgehead atoms. The van der Waals surface area contributed by atoms with Crippen molar-refractivity contribution >= 4 is 16.9 Å². The van der Waals surface area contributed by atoms with Gasteiger partial charge >= 0.3 is 0 Å². The molecule has 3 heterocycles. The van der Waals surface area contributed by atoms with E-state index >= 15 is 0 Å². The summed E-state index contributed by atoms with van der Waals surface area (Å²) in [6, 6.07) is 3.72. The molecule has 3 aromatic rings. The van der Waals surface area contributed by atoms with E-state index in [9.17, 15) is 9.18 Å². The molecular formula is C16H14FN3O4. The first-order valence-electron chi connectivity index (χ1n) is 7.41. The molecule has 1 aliphatic heterocycles. The second-order valence-electron chi connectivity index (χ2n) is 5.50. The summed E-state index contributed by atoms with van der Waals surface area (Å²) < 4.78 is 30.1. The van der Waals surface area contributed by atoms with E-state index in [2.05, 4.69) is 15.5 Å². The van der Waals surface area contributed by atoms with Crippen molar-refractivity contribution in [1.82, 2.24) is 15.5 Å². The summed E-state index contributed by atoms with van der Waals surface area (Å²) >= 11 is 0. The number of rotatable bonds is 4. The number of ether oxygens (including phenoxy) is 2. The van der Waals surface area contributed by atoms with Gasteiger partial charge in [-0.05, 0) is 18.2 Å². The molecule has 7 nitrogen and oxygen atoms in total. The number of amides is 1. The second-order valence-corrected chi connectivity index (χ2v) is 5.50. The molecule has 0 radical (unpaired) electrons. The molecule has 1 aliphatic rings. The Morgan fingerprint density at radius 3 is 3.17 bits per heavy atom. The van der Waals surface area contributed by atoms with E-state index in [1.165, 1.54) is 18.5 Å². The molecule has 0 spiro atoms. The highest BCUT2D eigenvalue weighted by Crippen LogP contribution is 2.23. The Kier molecular flexibility index (Phi) is 3.66. The van der Waals surface area contributed by atoms with Crippen molar-refractivity contribution in [2.75, 3.05) is 13.2 Å². The van der Waals surface area contributed by atoms with Gasteiger partial charge in [-0.25, -0.2) is 4.39 Å². The summed E-state index contributed by atoms with van der Waals surface area (Å²) in [6.45, 7) is 0.653. The molecule has 124 valence electrons. The number of hydrogen-bond acceptors (Lipinski definition) is 5. The van der Waals surface area contributed by atoms with E-state index in [1.54, 1.807) is 12.3 Å². The normalized spacial score (nSPS) is 20.4. The van der Waals surface area contributed by atoms with Gasteiger partial charge in [-0.15, -0.1) is 0 Å². The molecule has 0 aliphatic carbocycles. The van der Waals surface area contributed by atoms with E-state index in [1.807, 2.05) is 0 Å². The lowest BCUT2D eigenvalue weighted by molar-refractivity contribution is 0.0904. The third-order valence-corrected chi connectivity index (χ3v) is 3.87. The Bertz CT molecular complexity index is 861. The first-order chi connectivity index (χ1) is 11.7. The van der Waals surface area contributed by atoms with Crippen molar-refractivity contribution in [1.29, 1.82) is 0 Å². The highest BCUT2D eigenvalue weighted by atomic mass is 19.1. The number of nitrogens with one attached hydrogen (secondary N) is 2. The van der Waals surface area contributed by atoms with Crippen LogP contribution in [-0.4, -0.2) is 41.5 Å². The minimum absolute atomic E-state index is 0.143. The molecule has 2 N–H and O–H groups in total. The molecule has 0 unspecified atom stereocenters. The van der Waals surface area contributed by atoms with Crippen LogP contribution in [0.25, 0.3) is 11.0 Å². The summed E-state index contributed by atoms with van der Waals surface area (Å²) in [7, 11) is 0. The summed E-state index contributed by atoms with van der Waals surface area (Å²) in [5.74, 6) is -0.377. The van der Waals surface area contributed by atoms with E-state index < -0.39 is 11.7 Å². The summed E-state index contributed by atoms with van der Waals surface area (Å²) in [5.41, 5.74) is 0.490. The number of halogens is 1. The van der Waals surface area contributed by atoms with Crippen LogP contribution in [0.3, 0.4) is 0 Å². The quantitative estimate of drug-likeness (QED) is 0.762. The number of carbonyl (C=O) groups excluding carboxylic acids is 1. The van der Waals surface area contributed by atoms with Crippen molar-refractivity contribution in [2.24, 2.45) is 0 Å². The van der Waals surface area contributed by atoms with Crippen LogP contribution in [0.5, 0.6) is 5.75 Å². The number of hydrogen-bond donors (Lipinski definition) is 2. The van der Waals surface area contributed by atoms with E-state index in [-0.39, 0.29) is 17.7 Å². The molecule has 1 amide bonds. The van der Waals surface area contributed by atoms with Crippen LogP contribution >= 0.6 is 0 Å². The average molecular weight is 331 g/mol. The average Bonchev–Trinajstić information content (AvgIpc) is 3.29. The van der Waals surface area contributed by atoms with Gasteiger partial charge in [0.1, 0.15) is 17.5 Å². The number of aromatic nitrogens is 2. The molecule has 1 aromatic carbocycles. The van der Waals surface area contributed by atoms with Crippen LogP contribution in [0, 0.1) is 5.82 Å². The fourth-order valence-electron chi connectivity index (χ4n) is 2.72. The topological polar surface area (TPSA) is 89.4 Å². The van der Waals surface area contributed by atoms with Crippen LogP contribution in [0.4, 0.5) is 4.39 Å². The minimum atomic E-state index is -0.497. The minimum Gasteiger partial charge on any atom is -0.482 e. The van der Waals surface area contributed by atoms with E-state index in [0.29, 0.717) is 29.9 Å². The fourth-order valence-corrected chi connectivity index (χ4v) is 2.72. The molecule has 1 saturated heterocycles. The van der Waals surface area contributed by atoms with Crippen LogP contribution in [-0.2, 0) is 4.74 Å². The largest absolute Gasteiger partial charge is 0.482 e. The van der Waals surface area contributed by atoms with Gasteiger partial charge in [-0.2, -0.15) is 5.10 Å². The molecule has 24 heavy (non-hydrogen) atoms. The van der Waals surface area contributed by atoms with Crippen molar-refractivity contribution < 1.29 is 23.1 Å². The highest BCUT2D eigenvalue weighted by Gasteiger charge is 2.32. The number of H-pyrrole nitrogens is 1. The van der Waals surface area contributed by atoms with Gasteiger partial charge in [0.15, 0.2) is 5.75 Å². The molecular weight excluding hydrogens is 317 g/mol. The van der Waals surface area contributed by atoms with Gasteiger partial charge in [-0.1, -0.05) is 0 Å². The van der Waals surface area contributed by atoms with Gasteiger partial charge in [0.2, 0.25) is 0 Å². The molecule has 8 heteroatoms. The zero-order chi connectivity index (χ0) is 16.5. The number of nitrogens with zero attached hydrogens (tertiary/aromatic N) is 1. The zero-order valence-corrected chi connectivity index (χ0v) is 12.5. The summed E-state index contributed by atoms with van der Waals surface area (Å²) in [4.78, 5) is 12.5. The Balaban J connectivity index is 1.53. The van der Waals surface area contributed by atoms with Gasteiger partial charge < -0.3 is 19.2 Å². The first kappa shape index (κ1) is 14.7. The SMILES string of the molecule is O=C(N[C@@H]1COC[C@@H]1Oc1cn[nH]c1)c1cc(F)cc2ccoc12. The summed E-state index contributed by atoms with van der Waals surface area (Å²) in [6.07, 6.45) is 4.21. The number of carbonyl (C=O) groups is 1. The van der Waals surface area contributed by atoms with Gasteiger partial charge in [-0.3, -0.25) is 9.89 Å². The Morgan fingerprint density at radius 1 is 1.42 bits per heavy atom. The fraction of sp³-hybridized carbons (Fsp3) is 0.250. The molecule has 4 rings (SSSR count). The zero-order valence-electron chi connectivity index (χ0n) is 12.5. The van der Waals surface area contributed by atoms with Crippen molar-refractivity contribution in [3.63, 3.8) is 0 Å². The molecule has 2 aromatic heterocycles. The van der Waals surface area contributed by atoms with Crippen LogP contribution in [0.15, 0.2) is 41.3 Å². The summed E-state index contributed by atoms with van der Waals surface area (Å²) in [5, 5.41) is 9.81. The Morgan fingerprint density at radius 2 is 2.33 bits per heavy atom. The lowest BCUT2D eigenvalue weighted by Gasteiger charge is -2.19. The van der Waals surface area contributed by atoms with Gasteiger partial charge in [0.25, 0.3) is 5.91 Å². The maximum atomic E-state index is 13.7. The van der Waals surface area contributed by atoms with E-state index in [4.69, 9.17) is 13.9 Å². The Hall–Kier alpha value is -2.87. The monoisotopic (exact) mass is 331 g/mol. The molecule has 2 atom stereocenters.